The zero-order chi connectivity index (χ0) is 22.1. The first kappa shape index (κ1) is 20.7. The summed E-state index contributed by atoms with van der Waals surface area (Å²) in [5.74, 6) is 1.66. The molecular weight excluding hydrogens is 446 g/mol. The molecule has 0 unspecified atom stereocenters. The molecule has 2 aromatic heterocycles. The standard InChI is InChI=1S/C23H20ClN5O2S/c1-31-18-7-5-15(6-8-18)19-20-21(32-27-19)22(26-14-25-20)28-9-11-29(12-10-28)23(30)16-3-2-4-17(24)13-16/h2-8,13-14H,9-12H2,1H3. The van der Waals surface area contributed by atoms with Crippen LogP contribution in [0.4, 0.5) is 5.82 Å². The maximum absolute atomic E-state index is 12.8. The highest BCUT2D eigenvalue weighted by atomic mass is 35.5. The number of hydrogen-bond donors (Lipinski definition) is 0. The SMILES string of the molecule is COc1ccc(-c2nsc3c(N4CCN(C(=O)c5cccc(Cl)c5)CC4)ncnc23)cc1. The number of benzene rings is 2. The van der Waals surface area contributed by atoms with Crippen molar-refractivity contribution in [2.75, 3.05) is 38.2 Å². The van der Waals surface area contributed by atoms with Crippen LogP contribution in [0.3, 0.4) is 0 Å². The number of ether oxygens (including phenoxy) is 1. The molecular formula is C23H20ClN5O2S. The molecule has 0 bridgehead atoms. The van der Waals surface area contributed by atoms with Crippen molar-refractivity contribution in [1.82, 2.24) is 19.2 Å². The summed E-state index contributed by atoms with van der Waals surface area (Å²) in [5, 5.41) is 0.565. The van der Waals surface area contributed by atoms with Crippen LogP contribution in [0, 0.1) is 0 Å². The van der Waals surface area contributed by atoms with E-state index in [2.05, 4.69) is 19.2 Å². The van der Waals surface area contributed by atoms with Gasteiger partial charge in [0.15, 0.2) is 5.82 Å². The van der Waals surface area contributed by atoms with Crippen LogP contribution in [0.1, 0.15) is 10.4 Å². The van der Waals surface area contributed by atoms with Gasteiger partial charge in [-0.25, -0.2) is 9.97 Å². The number of carbonyl (C=O) groups excluding carboxylic acids is 1. The van der Waals surface area contributed by atoms with E-state index in [0.29, 0.717) is 36.8 Å². The van der Waals surface area contributed by atoms with Crippen LogP contribution < -0.4 is 9.64 Å². The van der Waals surface area contributed by atoms with Crippen molar-refractivity contribution < 1.29 is 9.53 Å². The minimum Gasteiger partial charge on any atom is -0.497 e. The van der Waals surface area contributed by atoms with E-state index in [0.717, 1.165) is 33.0 Å². The fourth-order valence-electron chi connectivity index (χ4n) is 3.84. The number of amides is 1. The molecule has 0 N–H and O–H groups in total. The molecule has 32 heavy (non-hydrogen) atoms. The van der Waals surface area contributed by atoms with Gasteiger partial charge in [-0.15, -0.1) is 0 Å². The van der Waals surface area contributed by atoms with Gasteiger partial charge in [0.05, 0.1) is 7.11 Å². The average molecular weight is 466 g/mol. The molecule has 1 saturated heterocycles. The third-order valence-corrected chi connectivity index (χ3v) is 6.61. The Balaban J connectivity index is 1.36. The highest BCUT2D eigenvalue weighted by molar-refractivity contribution is 7.14. The largest absolute Gasteiger partial charge is 0.497 e. The molecule has 7 nitrogen and oxygen atoms in total. The third-order valence-electron chi connectivity index (χ3n) is 5.54. The summed E-state index contributed by atoms with van der Waals surface area (Å²) in [4.78, 5) is 25.9. The normalized spacial score (nSPS) is 14.1. The van der Waals surface area contributed by atoms with Gasteiger partial charge in [-0.2, -0.15) is 4.37 Å². The van der Waals surface area contributed by atoms with Crippen LogP contribution in [0.25, 0.3) is 21.5 Å². The Morgan fingerprint density at radius 2 is 1.84 bits per heavy atom. The maximum Gasteiger partial charge on any atom is 0.254 e. The molecule has 1 aliphatic heterocycles. The van der Waals surface area contributed by atoms with Crippen molar-refractivity contribution in [3.63, 3.8) is 0 Å². The van der Waals surface area contributed by atoms with Gasteiger partial charge in [-0.3, -0.25) is 4.79 Å². The Morgan fingerprint density at radius 3 is 2.56 bits per heavy atom. The van der Waals surface area contributed by atoms with Crippen molar-refractivity contribution in [2.45, 2.75) is 0 Å². The predicted octanol–water partition coefficient (Wildman–Crippen LogP) is 4.38. The molecule has 1 fully saturated rings. The number of fused-ring (bicyclic) bond motifs is 1. The van der Waals surface area contributed by atoms with Crippen LogP contribution >= 0.6 is 23.1 Å². The fraction of sp³-hybridized carbons (Fsp3) is 0.217. The van der Waals surface area contributed by atoms with Crippen LogP contribution in [0.15, 0.2) is 54.9 Å². The summed E-state index contributed by atoms with van der Waals surface area (Å²) in [6.07, 6.45) is 1.59. The van der Waals surface area contributed by atoms with Crippen molar-refractivity contribution in [2.24, 2.45) is 0 Å². The Hall–Kier alpha value is -3.23. The number of piperazine rings is 1. The van der Waals surface area contributed by atoms with Gasteiger partial charge in [0.1, 0.15) is 28.0 Å². The molecule has 9 heteroatoms. The lowest BCUT2D eigenvalue weighted by atomic mass is 10.1. The van der Waals surface area contributed by atoms with Gasteiger partial charge in [-0.05, 0) is 54.0 Å². The average Bonchev–Trinajstić information content (AvgIpc) is 3.28. The summed E-state index contributed by atoms with van der Waals surface area (Å²) < 4.78 is 10.9. The highest BCUT2D eigenvalue weighted by Gasteiger charge is 2.25. The molecule has 0 aliphatic carbocycles. The second-order valence-electron chi connectivity index (χ2n) is 7.42. The Bertz CT molecular complexity index is 1270. The molecule has 4 aromatic rings. The van der Waals surface area contributed by atoms with Crippen LogP contribution in [0.2, 0.25) is 5.02 Å². The number of hydrogen-bond acceptors (Lipinski definition) is 7. The van der Waals surface area contributed by atoms with E-state index in [9.17, 15) is 4.79 Å². The van der Waals surface area contributed by atoms with Crippen molar-refractivity contribution in [3.8, 4) is 17.0 Å². The lowest BCUT2D eigenvalue weighted by molar-refractivity contribution is 0.0746. The fourth-order valence-corrected chi connectivity index (χ4v) is 4.90. The van der Waals surface area contributed by atoms with Gasteiger partial charge in [0.2, 0.25) is 0 Å². The third kappa shape index (κ3) is 3.87. The number of carbonyl (C=O) groups is 1. The second kappa shape index (κ2) is 8.72. The Morgan fingerprint density at radius 1 is 1.06 bits per heavy atom. The van der Waals surface area contributed by atoms with Crippen LogP contribution in [-0.2, 0) is 0 Å². The van der Waals surface area contributed by atoms with Gasteiger partial charge >= 0.3 is 0 Å². The Kier molecular flexibility index (Phi) is 5.63. The van der Waals surface area contributed by atoms with Crippen molar-refractivity contribution in [3.05, 3.63) is 65.4 Å². The predicted molar refractivity (Wildman–Crippen MR) is 127 cm³/mol. The van der Waals surface area contributed by atoms with E-state index in [1.807, 2.05) is 29.2 Å². The summed E-state index contributed by atoms with van der Waals surface area (Å²) in [5.41, 5.74) is 3.27. The van der Waals surface area contributed by atoms with Crippen molar-refractivity contribution in [1.29, 1.82) is 0 Å². The minimum atomic E-state index is -0.000401. The molecule has 0 radical (unpaired) electrons. The monoisotopic (exact) mass is 465 g/mol. The number of anilines is 1. The summed E-state index contributed by atoms with van der Waals surface area (Å²) in [6.45, 7) is 2.60. The molecule has 2 aromatic carbocycles. The molecule has 0 atom stereocenters. The summed E-state index contributed by atoms with van der Waals surface area (Å²) in [6, 6.07) is 14.9. The second-order valence-corrected chi connectivity index (χ2v) is 8.63. The summed E-state index contributed by atoms with van der Waals surface area (Å²) in [7, 11) is 1.65. The van der Waals surface area contributed by atoms with Gasteiger partial charge < -0.3 is 14.5 Å². The molecule has 5 rings (SSSR count). The summed E-state index contributed by atoms with van der Waals surface area (Å²) >= 11 is 7.45. The number of methoxy groups -OCH3 is 1. The molecule has 1 aliphatic rings. The minimum absolute atomic E-state index is 0.000401. The molecule has 0 spiro atoms. The first-order chi connectivity index (χ1) is 15.6. The van der Waals surface area contributed by atoms with E-state index in [1.165, 1.54) is 11.5 Å². The zero-order valence-electron chi connectivity index (χ0n) is 17.4. The molecule has 162 valence electrons. The van der Waals surface area contributed by atoms with E-state index in [1.54, 1.807) is 37.7 Å². The van der Waals surface area contributed by atoms with E-state index >= 15 is 0 Å². The number of halogens is 1. The van der Waals surface area contributed by atoms with Gasteiger partial charge in [-0.1, -0.05) is 17.7 Å². The van der Waals surface area contributed by atoms with Crippen LogP contribution in [-0.4, -0.2) is 58.4 Å². The zero-order valence-corrected chi connectivity index (χ0v) is 18.9. The first-order valence-electron chi connectivity index (χ1n) is 10.2. The quantitative estimate of drug-likeness (QED) is 0.445. The lowest BCUT2D eigenvalue weighted by Gasteiger charge is -2.35. The smallest absolute Gasteiger partial charge is 0.254 e. The van der Waals surface area contributed by atoms with E-state index < -0.39 is 0 Å². The topological polar surface area (TPSA) is 71.5 Å². The molecule has 0 saturated carbocycles. The number of nitrogens with zero attached hydrogens (tertiary/aromatic N) is 5. The maximum atomic E-state index is 12.8. The Labute approximate surface area is 194 Å². The van der Waals surface area contributed by atoms with Crippen molar-refractivity contribution >= 4 is 45.1 Å². The van der Waals surface area contributed by atoms with Gasteiger partial charge in [0.25, 0.3) is 5.91 Å². The van der Waals surface area contributed by atoms with E-state index in [-0.39, 0.29) is 5.91 Å². The van der Waals surface area contributed by atoms with Gasteiger partial charge in [0, 0.05) is 42.3 Å². The number of aromatic nitrogens is 3. The van der Waals surface area contributed by atoms with Crippen LogP contribution in [0.5, 0.6) is 5.75 Å². The number of rotatable bonds is 4. The van der Waals surface area contributed by atoms with E-state index in [4.69, 9.17) is 16.3 Å². The highest BCUT2D eigenvalue weighted by Crippen LogP contribution is 2.35. The lowest BCUT2D eigenvalue weighted by Crippen LogP contribution is -2.49. The molecule has 1 amide bonds. The first-order valence-corrected chi connectivity index (χ1v) is 11.3. The molecule has 3 heterocycles.